The molecule has 24 heavy (non-hydrogen) atoms. The van der Waals surface area contributed by atoms with Crippen LogP contribution in [0.4, 0.5) is 0 Å². The molecule has 0 aliphatic carbocycles. The summed E-state index contributed by atoms with van der Waals surface area (Å²) in [5, 5.41) is 4.65. The number of benzene rings is 2. The van der Waals surface area contributed by atoms with Crippen LogP contribution in [0.25, 0.3) is 23.5 Å². The van der Waals surface area contributed by atoms with Crippen molar-refractivity contribution in [2.75, 3.05) is 0 Å². The van der Waals surface area contributed by atoms with Crippen molar-refractivity contribution in [2.45, 2.75) is 13.8 Å². The van der Waals surface area contributed by atoms with Crippen LogP contribution in [0.5, 0.6) is 0 Å². The Morgan fingerprint density at radius 1 is 0.833 bits per heavy atom. The number of aryl methyl sites for hydroxylation is 2. The van der Waals surface area contributed by atoms with E-state index >= 15 is 0 Å². The number of amides is 1. The van der Waals surface area contributed by atoms with Gasteiger partial charge in [-0.25, -0.2) is 0 Å². The van der Waals surface area contributed by atoms with Crippen LogP contribution in [0.3, 0.4) is 0 Å². The molecule has 0 fully saturated rings. The van der Waals surface area contributed by atoms with E-state index in [4.69, 9.17) is 0 Å². The van der Waals surface area contributed by atoms with Gasteiger partial charge in [-0.1, -0.05) is 66.2 Å². The summed E-state index contributed by atoms with van der Waals surface area (Å²) < 4.78 is 0. The quantitative estimate of drug-likeness (QED) is 0.750. The third kappa shape index (κ3) is 2.17. The van der Waals surface area contributed by atoms with E-state index < -0.39 is 0 Å². The minimum absolute atomic E-state index is 0.0812. The van der Waals surface area contributed by atoms with Crippen LogP contribution in [0, 0.1) is 13.8 Å². The van der Waals surface area contributed by atoms with Gasteiger partial charge in [-0.05, 0) is 25.0 Å². The van der Waals surface area contributed by atoms with Gasteiger partial charge in [0.15, 0.2) is 0 Å². The molecule has 2 heterocycles. The Morgan fingerprint density at radius 3 is 1.96 bits per heavy atom. The van der Waals surface area contributed by atoms with E-state index in [0.717, 1.165) is 33.1 Å². The van der Waals surface area contributed by atoms with Gasteiger partial charge in [-0.15, -0.1) is 0 Å². The molecule has 1 aliphatic heterocycles. The number of carbonyl (C=O) groups is 1. The zero-order valence-electron chi connectivity index (χ0n) is 13.7. The predicted molar refractivity (Wildman–Crippen MR) is 96.9 cm³/mol. The number of fused-ring (bicyclic) bond motifs is 1. The highest BCUT2D eigenvalue weighted by Crippen LogP contribution is 2.23. The first-order valence-corrected chi connectivity index (χ1v) is 7.95. The molecule has 118 valence electrons. The average molecular weight is 314 g/mol. The molecule has 0 saturated heterocycles. The van der Waals surface area contributed by atoms with E-state index in [-0.39, 0.29) is 5.91 Å². The van der Waals surface area contributed by atoms with Gasteiger partial charge in [-0.3, -0.25) is 4.79 Å². The van der Waals surface area contributed by atoms with Crippen LogP contribution in [-0.4, -0.2) is 10.9 Å². The van der Waals surface area contributed by atoms with Gasteiger partial charge in [0.1, 0.15) is 0 Å². The summed E-state index contributed by atoms with van der Waals surface area (Å²) in [6, 6.07) is 16.3. The molecule has 0 spiro atoms. The highest BCUT2D eigenvalue weighted by atomic mass is 16.1. The molecular weight excluding hydrogens is 296 g/mol. The van der Waals surface area contributed by atoms with Crippen LogP contribution < -0.4 is 15.9 Å². The number of aromatic nitrogens is 1. The molecule has 2 N–H and O–H groups in total. The lowest BCUT2D eigenvalue weighted by Crippen LogP contribution is -2.25. The zero-order chi connectivity index (χ0) is 16.8. The van der Waals surface area contributed by atoms with Gasteiger partial charge in [0.05, 0.1) is 17.0 Å². The predicted octanol–water partition coefficient (Wildman–Crippen LogP) is 2.61. The average Bonchev–Trinajstić information content (AvgIpc) is 3.08. The maximum atomic E-state index is 12.6. The summed E-state index contributed by atoms with van der Waals surface area (Å²) in [5.41, 5.74) is 6.70. The summed E-state index contributed by atoms with van der Waals surface area (Å²) in [6.45, 7) is 8.21. The van der Waals surface area contributed by atoms with Gasteiger partial charge < -0.3 is 10.3 Å². The van der Waals surface area contributed by atoms with Crippen LogP contribution >= 0.6 is 0 Å². The van der Waals surface area contributed by atoms with Crippen molar-refractivity contribution in [1.29, 1.82) is 0 Å². The second-order valence-electron chi connectivity index (χ2n) is 6.29. The molecule has 0 unspecified atom stereocenters. The topological polar surface area (TPSA) is 44.9 Å². The van der Waals surface area contributed by atoms with Crippen molar-refractivity contribution >= 4 is 18.2 Å². The number of carbonyl (C=O) groups excluding carboxylic acids is 1. The molecule has 0 bridgehead atoms. The Bertz CT molecular complexity index is 1050. The lowest BCUT2D eigenvalue weighted by Gasteiger charge is -2.05. The lowest BCUT2D eigenvalue weighted by atomic mass is 10.0. The lowest BCUT2D eigenvalue weighted by molar-refractivity contribution is 0.0979. The summed E-state index contributed by atoms with van der Waals surface area (Å²) in [4.78, 5) is 15.9. The molecule has 0 radical (unpaired) electrons. The fourth-order valence-electron chi connectivity index (χ4n) is 3.17. The first-order valence-electron chi connectivity index (χ1n) is 7.95. The van der Waals surface area contributed by atoms with Gasteiger partial charge in [-0.2, -0.15) is 0 Å². The van der Waals surface area contributed by atoms with Crippen molar-refractivity contribution in [3.8, 4) is 11.3 Å². The van der Waals surface area contributed by atoms with Crippen LogP contribution in [0.2, 0.25) is 0 Å². The van der Waals surface area contributed by atoms with Gasteiger partial charge >= 0.3 is 0 Å². The Balaban J connectivity index is 1.98. The molecule has 2 aromatic carbocycles. The minimum Gasteiger partial charge on any atom is -0.354 e. The molecule has 3 nitrogen and oxygen atoms in total. The fourth-order valence-corrected chi connectivity index (χ4v) is 3.17. The first kappa shape index (κ1) is 14.5. The van der Waals surface area contributed by atoms with Crippen molar-refractivity contribution in [1.82, 2.24) is 10.3 Å². The second-order valence-corrected chi connectivity index (χ2v) is 6.29. The van der Waals surface area contributed by atoms with E-state index in [1.165, 1.54) is 11.1 Å². The van der Waals surface area contributed by atoms with Crippen LogP contribution in [0.1, 0.15) is 27.0 Å². The standard InChI is InChI=1S/C21H18N2O/c1-12-4-8-15(9-5-12)19-17-14(3)22-20(18(17)21(24)23-19)16-10-6-13(2)7-11-16/h4-11,22H,3H2,1-2H3,(H,23,24). The van der Waals surface area contributed by atoms with E-state index in [9.17, 15) is 4.79 Å². The van der Waals surface area contributed by atoms with E-state index in [1.54, 1.807) is 0 Å². The van der Waals surface area contributed by atoms with Crippen LogP contribution in [0.15, 0.2) is 48.5 Å². The SMILES string of the molecule is C=c1[nH]c(-c2ccc(C)cc2)c2c1=C(c1ccc(C)cc1)NC2=O. The smallest absolute Gasteiger partial charge is 0.258 e. The molecule has 4 rings (SSSR count). The first-order chi connectivity index (χ1) is 11.5. The number of hydrogen-bond donors (Lipinski definition) is 2. The molecule has 0 atom stereocenters. The normalized spacial score (nSPS) is 13.1. The largest absolute Gasteiger partial charge is 0.354 e. The molecule has 0 saturated carbocycles. The Labute approximate surface area is 140 Å². The Hall–Kier alpha value is -3.07. The van der Waals surface area contributed by atoms with Crippen molar-refractivity contribution in [3.05, 3.63) is 81.4 Å². The maximum absolute atomic E-state index is 12.6. The number of rotatable bonds is 2. The highest BCUT2D eigenvalue weighted by Gasteiger charge is 2.26. The third-order valence-electron chi connectivity index (χ3n) is 4.47. The fraction of sp³-hybridized carbons (Fsp3) is 0.0952. The van der Waals surface area contributed by atoms with Crippen LogP contribution in [-0.2, 0) is 0 Å². The van der Waals surface area contributed by atoms with Crippen molar-refractivity contribution in [2.24, 2.45) is 0 Å². The summed E-state index contributed by atoms with van der Waals surface area (Å²) in [7, 11) is 0. The number of hydrogen-bond acceptors (Lipinski definition) is 1. The Kier molecular flexibility index (Phi) is 3.17. The number of nitrogens with one attached hydrogen (secondary N) is 2. The summed E-state index contributed by atoms with van der Waals surface area (Å²) in [5.74, 6) is -0.0812. The number of H-pyrrole nitrogens is 1. The molecule has 3 heteroatoms. The molecule has 3 aromatic rings. The van der Waals surface area contributed by atoms with Gasteiger partial charge in [0.25, 0.3) is 5.91 Å². The second kappa shape index (κ2) is 5.24. The van der Waals surface area contributed by atoms with E-state index in [1.807, 2.05) is 62.4 Å². The molecule has 1 aromatic heterocycles. The van der Waals surface area contributed by atoms with E-state index in [2.05, 4.69) is 16.9 Å². The number of aromatic amines is 1. The minimum atomic E-state index is -0.0812. The molecule has 1 aliphatic rings. The Morgan fingerprint density at radius 2 is 1.38 bits per heavy atom. The molecular formula is C21H18N2O. The van der Waals surface area contributed by atoms with Gasteiger partial charge in [0.2, 0.25) is 0 Å². The highest BCUT2D eigenvalue weighted by molar-refractivity contribution is 6.08. The third-order valence-corrected chi connectivity index (χ3v) is 4.47. The van der Waals surface area contributed by atoms with E-state index in [0.29, 0.717) is 5.56 Å². The van der Waals surface area contributed by atoms with Crippen molar-refractivity contribution in [3.63, 3.8) is 0 Å². The summed E-state index contributed by atoms with van der Waals surface area (Å²) >= 11 is 0. The summed E-state index contributed by atoms with van der Waals surface area (Å²) in [6.07, 6.45) is 0. The maximum Gasteiger partial charge on any atom is 0.258 e. The van der Waals surface area contributed by atoms with Crippen molar-refractivity contribution < 1.29 is 4.79 Å². The molecule has 1 amide bonds. The zero-order valence-corrected chi connectivity index (χ0v) is 13.7. The van der Waals surface area contributed by atoms with Gasteiger partial charge in [0, 0.05) is 10.6 Å². The monoisotopic (exact) mass is 314 g/mol.